The number of phenolic OH excluding ortho intramolecular Hbond substituents is 2. The average Bonchev–Trinajstić information content (AvgIpc) is 2.72. The molecule has 7 heteroatoms. The summed E-state index contributed by atoms with van der Waals surface area (Å²) in [5, 5.41) is 19.3. The molecular weight excluding hydrogens is 388 g/mol. The molecule has 0 aromatic heterocycles. The van der Waals surface area contributed by atoms with Crippen molar-refractivity contribution in [1.82, 2.24) is 0 Å². The van der Waals surface area contributed by atoms with Crippen LogP contribution in [0.15, 0.2) is 36.4 Å². The van der Waals surface area contributed by atoms with Crippen LogP contribution in [0.2, 0.25) is 0 Å². The monoisotopic (exact) mass is 416 g/mol. The Morgan fingerprint density at radius 3 is 1.93 bits per heavy atom. The number of esters is 1. The van der Waals surface area contributed by atoms with Crippen LogP contribution in [0.5, 0.6) is 23.0 Å². The lowest BCUT2D eigenvalue weighted by Gasteiger charge is -2.17. The van der Waals surface area contributed by atoms with Crippen molar-refractivity contribution in [3.8, 4) is 23.0 Å². The van der Waals surface area contributed by atoms with Gasteiger partial charge in [0.2, 0.25) is 0 Å². The molecule has 7 nitrogen and oxygen atoms in total. The van der Waals surface area contributed by atoms with Crippen LogP contribution in [0, 0.1) is 0 Å². The number of hydrogen-bond acceptors (Lipinski definition) is 7. The number of methoxy groups -OCH3 is 2. The van der Waals surface area contributed by atoms with Gasteiger partial charge >= 0.3 is 5.97 Å². The minimum atomic E-state index is -0.524. The first-order valence-electron chi connectivity index (χ1n) is 9.73. The Morgan fingerprint density at radius 2 is 1.43 bits per heavy atom. The molecule has 0 aliphatic heterocycles. The van der Waals surface area contributed by atoms with E-state index in [4.69, 9.17) is 14.2 Å². The van der Waals surface area contributed by atoms with Gasteiger partial charge < -0.3 is 24.4 Å². The minimum absolute atomic E-state index is 0.0171. The van der Waals surface area contributed by atoms with E-state index in [0.29, 0.717) is 37.2 Å². The topological polar surface area (TPSA) is 102 Å². The maximum absolute atomic E-state index is 12.5. The molecule has 2 aromatic carbocycles. The lowest BCUT2D eigenvalue weighted by molar-refractivity contribution is -0.147. The molecule has 0 amide bonds. The summed E-state index contributed by atoms with van der Waals surface area (Å²) in [5.41, 5.74) is 1.78. The Balaban J connectivity index is 1.93. The summed E-state index contributed by atoms with van der Waals surface area (Å²) >= 11 is 0. The van der Waals surface area contributed by atoms with Crippen molar-refractivity contribution in [2.75, 3.05) is 14.2 Å². The van der Waals surface area contributed by atoms with Gasteiger partial charge in [0.1, 0.15) is 11.9 Å². The molecule has 2 N–H and O–H groups in total. The molecule has 1 atom stereocenters. The van der Waals surface area contributed by atoms with Crippen LogP contribution < -0.4 is 9.47 Å². The highest BCUT2D eigenvalue weighted by molar-refractivity contribution is 5.79. The van der Waals surface area contributed by atoms with Crippen LogP contribution >= 0.6 is 0 Å². The van der Waals surface area contributed by atoms with Gasteiger partial charge in [0, 0.05) is 19.8 Å². The van der Waals surface area contributed by atoms with Gasteiger partial charge in [-0.15, -0.1) is 0 Å². The fraction of sp³-hybridized carbons (Fsp3) is 0.391. The second-order valence-corrected chi connectivity index (χ2v) is 7.03. The highest BCUT2D eigenvalue weighted by Gasteiger charge is 2.18. The van der Waals surface area contributed by atoms with E-state index in [1.807, 2.05) is 0 Å². The van der Waals surface area contributed by atoms with Crippen LogP contribution in [0.25, 0.3) is 0 Å². The molecule has 0 aliphatic rings. The molecule has 30 heavy (non-hydrogen) atoms. The third kappa shape index (κ3) is 6.99. The summed E-state index contributed by atoms with van der Waals surface area (Å²) < 4.78 is 15.5. The van der Waals surface area contributed by atoms with Crippen LogP contribution in [-0.4, -0.2) is 42.3 Å². The molecule has 0 spiro atoms. The Kier molecular flexibility index (Phi) is 8.53. The van der Waals surface area contributed by atoms with Gasteiger partial charge in [-0.25, -0.2) is 0 Å². The molecule has 0 bridgehead atoms. The van der Waals surface area contributed by atoms with Gasteiger partial charge in [0.05, 0.1) is 14.2 Å². The predicted octanol–water partition coefficient (Wildman–Crippen LogP) is 3.57. The van der Waals surface area contributed by atoms with E-state index >= 15 is 0 Å². The fourth-order valence-electron chi connectivity index (χ4n) is 3.16. The number of Topliss-reactive ketones (excluding diaryl/α,β-unsaturated/α-hetero) is 1. The third-order valence-electron chi connectivity index (χ3n) is 4.72. The standard InChI is InChI=1S/C23H28O7/c1-15(24)30-19(9-5-17-7-11-21(27)23(13-17)29-3)14-18(25)8-4-16-6-10-20(26)22(12-16)28-2/h6-7,10-13,19,26-27H,4-5,8-9,14H2,1-3H3. The molecule has 0 aliphatic carbocycles. The molecule has 2 rings (SSSR count). The molecular formula is C23H28O7. The highest BCUT2D eigenvalue weighted by Crippen LogP contribution is 2.28. The number of phenols is 2. The minimum Gasteiger partial charge on any atom is -0.504 e. The number of ketones is 1. The molecule has 0 saturated heterocycles. The Morgan fingerprint density at radius 1 is 0.900 bits per heavy atom. The summed E-state index contributed by atoms with van der Waals surface area (Å²) in [4.78, 5) is 23.9. The van der Waals surface area contributed by atoms with Crippen molar-refractivity contribution in [1.29, 1.82) is 0 Å². The Bertz CT molecular complexity index is 876. The van der Waals surface area contributed by atoms with Crippen LogP contribution in [-0.2, 0) is 27.2 Å². The van der Waals surface area contributed by atoms with Crippen LogP contribution in [0.1, 0.15) is 37.3 Å². The second-order valence-electron chi connectivity index (χ2n) is 7.03. The van der Waals surface area contributed by atoms with Gasteiger partial charge in [-0.3, -0.25) is 9.59 Å². The lowest BCUT2D eigenvalue weighted by atomic mass is 9.99. The molecule has 0 fully saturated rings. The summed E-state index contributed by atoms with van der Waals surface area (Å²) in [6, 6.07) is 10.0. The van der Waals surface area contributed by atoms with E-state index in [1.165, 1.54) is 27.2 Å². The quantitative estimate of drug-likeness (QED) is 0.540. The summed E-state index contributed by atoms with van der Waals surface area (Å²) in [6.45, 7) is 1.32. The highest BCUT2D eigenvalue weighted by atomic mass is 16.5. The number of rotatable bonds is 11. The number of aromatic hydroxyl groups is 2. The maximum Gasteiger partial charge on any atom is 0.302 e. The lowest BCUT2D eigenvalue weighted by Crippen LogP contribution is -2.21. The average molecular weight is 416 g/mol. The maximum atomic E-state index is 12.5. The third-order valence-corrected chi connectivity index (χ3v) is 4.72. The molecule has 2 aromatic rings. The van der Waals surface area contributed by atoms with Crippen molar-refractivity contribution in [2.24, 2.45) is 0 Å². The zero-order valence-electron chi connectivity index (χ0n) is 17.5. The molecule has 162 valence electrons. The first kappa shape index (κ1) is 23.1. The van der Waals surface area contributed by atoms with Gasteiger partial charge in [-0.05, 0) is 54.7 Å². The summed E-state index contributed by atoms with van der Waals surface area (Å²) in [6.07, 6.45) is 1.44. The van der Waals surface area contributed by atoms with E-state index in [2.05, 4.69) is 0 Å². The number of carbonyl (C=O) groups is 2. The van der Waals surface area contributed by atoms with E-state index in [0.717, 1.165) is 11.1 Å². The number of aryl methyl sites for hydroxylation is 2. The van der Waals surface area contributed by atoms with Crippen molar-refractivity contribution >= 4 is 11.8 Å². The largest absolute Gasteiger partial charge is 0.504 e. The molecule has 0 radical (unpaired) electrons. The smallest absolute Gasteiger partial charge is 0.302 e. The Labute approximate surface area is 176 Å². The number of hydrogen-bond donors (Lipinski definition) is 2. The van der Waals surface area contributed by atoms with Crippen LogP contribution in [0.4, 0.5) is 0 Å². The van der Waals surface area contributed by atoms with Crippen molar-refractivity contribution in [3.05, 3.63) is 47.5 Å². The van der Waals surface area contributed by atoms with Crippen LogP contribution in [0.3, 0.4) is 0 Å². The molecule has 1 unspecified atom stereocenters. The normalized spacial score (nSPS) is 11.6. The van der Waals surface area contributed by atoms with E-state index in [-0.39, 0.29) is 23.7 Å². The van der Waals surface area contributed by atoms with Gasteiger partial charge in [0.15, 0.2) is 23.0 Å². The Hall–Kier alpha value is -3.22. The van der Waals surface area contributed by atoms with Gasteiger partial charge in [-0.1, -0.05) is 12.1 Å². The molecule has 0 heterocycles. The van der Waals surface area contributed by atoms with E-state index in [1.54, 1.807) is 30.3 Å². The summed E-state index contributed by atoms with van der Waals surface area (Å²) in [5.74, 6) is 0.391. The van der Waals surface area contributed by atoms with Crippen molar-refractivity contribution in [2.45, 2.75) is 45.1 Å². The SMILES string of the molecule is COc1cc(CCC(=O)CC(CCc2ccc(O)c(OC)c2)OC(C)=O)ccc1O. The zero-order valence-corrected chi connectivity index (χ0v) is 17.5. The predicted molar refractivity (Wildman–Crippen MR) is 111 cm³/mol. The number of ether oxygens (including phenoxy) is 3. The van der Waals surface area contributed by atoms with E-state index < -0.39 is 12.1 Å². The van der Waals surface area contributed by atoms with Crippen molar-refractivity contribution in [3.63, 3.8) is 0 Å². The first-order chi connectivity index (χ1) is 14.3. The number of carbonyl (C=O) groups excluding carboxylic acids is 2. The van der Waals surface area contributed by atoms with E-state index in [9.17, 15) is 19.8 Å². The summed E-state index contributed by atoms with van der Waals surface area (Å²) in [7, 11) is 2.94. The molecule has 0 saturated carbocycles. The van der Waals surface area contributed by atoms with Crippen molar-refractivity contribution < 1.29 is 34.0 Å². The zero-order chi connectivity index (χ0) is 22.1. The van der Waals surface area contributed by atoms with Gasteiger partial charge in [0.25, 0.3) is 0 Å². The fourth-order valence-corrected chi connectivity index (χ4v) is 3.16. The first-order valence-corrected chi connectivity index (χ1v) is 9.73. The number of benzene rings is 2. The van der Waals surface area contributed by atoms with Gasteiger partial charge in [-0.2, -0.15) is 0 Å². The second kappa shape index (κ2) is 11.1.